The normalized spacial score (nSPS) is 16.4. The summed E-state index contributed by atoms with van der Waals surface area (Å²) in [4.78, 5) is 6.17. The molecular weight excluding hydrogens is 593 g/mol. The topological polar surface area (TPSA) is 163 Å². The third kappa shape index (κ3) is 7.23. The highest BCUT2D eigenvalue weighted by molar-refractivity contribution is 7.94. The fourth-order valence-electron chi connectivity index (χ4n) is 4.89. The van der Waals surface area contributed by atoms with Crippen molar-refractivity contribution in [3.8, 4) is 0 Å². The Morgan fingerprint density at radius 1 is 1.00 bits per heavy atom. The molecule has 218 valence electrons. The van der Waals surface area contributed by atoms with Crippen LogP contribution in [0.3, 0.4) is 0 Å². The number of rotatable bonds is 11. The van der Waals surface area contributed by atoms with Crippen LogP contribution in [0.2, 0.25) is 0 Å². The molecule has 0 unspecified atom stereocenters. The third-order valence-electron chi connectivity index (χ3n) is 6.56. The van der Waals surface area contributed by atoms with Crippen molar-refractivity contribution in [3.05, 3.63) is 84.1 Å². The van der Waals surface area contributed by atoms with Crippen LogP contribution < -0.4 is 4.90 Å². The van der Waals surface area contributed by atoms with Gasteiger partial charge < -0.3 is 4.90 Å². The van der Waals surface area contributed by atoms with E-state index in [2.05, 4.69) is 14.4 Å². The lowest BCUT2D eigenvalue weighted by molar-refractivity contribution is -0.432. The van der Waals surface area contributed by atoms with Crippen LogP contribution in [0.1, 0.15) is 25.8 Å². The molecular formula is C27H28N2O9S3. The molecule has 14 heteroatoms. The zero-order chi connectivity index (χ0) is 29.8. The Bertz CT molecular complexity index is 1730. The van der Waals surface area contributed by atoms with Gasteiger partial charge in [-0.05, 0) is 65.2 Å². The first kappa shape index (κ1) is 30.9. The van der Waals surface area contributed by atoms with Gasteiger partial charge in [-0.25, -0.2) is 5.26 Å². The summed E-state index contributed by atoms with van der Waals surface area (Å²) in [5, 5.41) is 13.4. The van der Waals surface area contributed by atoms with E-state index in [0.29, 0.717) is 28.5 Å². The Hall–Kier alpha value is -3.08. The van der Waals surface area contributed by atoms with E-state index in [0.717, 1.165) is 16.9 Å². The first-order chi connectivity index (χ1) is 19.3. The van der Waals surface area contributed by atoms with E-state index in [4.69, 9.17) is 5.26 Å². The van der Waals surface area contributed by atoms with Crippen molar-refractivity contribution in [2.24, 2.45) is 4.99 Å². The van der Waals surface area contributed by atoms with Crippen molar-refractivity contribution in [2.45, 2.75) is 35.5 Å². The van der Waals surface area contributed by atoms with Crippen molar-refractivity contribution in [2.75, 3.05) is 17.2 Å². The summed E-state index contributed by atoms with van der Waals surface area (Å²) >= 11 is 0.565. The number of allylic oxidation sites excluding steroid dienone is 4. The zero-order valence-electron chi connectivity index (χ0n) is 22.0. The van der Waals surface area contributed by atoms with E-state index in [1.165, 1.54) is 12.1 Å². The molecule has 0 atom stereocenters. The van der Waals surface area contributed by atoms with Gasteiger partial charge in [0.2, 0.25) is 0 Å². The van der Waals surface area contributed by atoms with Gasteiger partial charge in [0.05, 0.1) is 28.4 Å². The summed E-state index contributed by atoms with van der Waals surface area (Å²) in [6.45, 7) is 4.11. The van der Waals surface area contributed by atoms with Gasteiger partial charge in [-0.3, -0.25) is 14.1 Å². The van der Waals surface area contributed by atoms with E-state index in [1.807, 2.05) is 61.2 Å². The zero-order valence-corrected chi connectivity index (χ0v) is 24.5. The van der Waals surface area contributed by atoms with Crippen LogP contribution >= 0.6 is 12.0 Å². The highest BCUT2D eigenvalue weighted by atomic mass is 32.2. The third-order valence-corrected chi connectivity index (χ3v) is 8.85. The van der Waals surface area contributed by atoms with Crippen molar-refractivity contribution in [1.82, 2.24) is 0 Å². The second kappa shape index (κ2) is 12.4. The molecule has 0 aromatic heterocycles. The van der Waals surface area contributed by atoms with Gasteiger partial charge >= 0.3 is 0 Å². The van der Waals surface area contributed by atoms with Crippen LogP contribution in [-0.4, -0.2) is 49.7 Å². The van der Waals surface area contributed by atoms with Crippen LogP contribution in [0.25, 0.3) is 10.8 Å². The number of anilines is 1. The minimum Gasteiger partial charge on any atom is -0.344 e. The Labute approximate surface area is 242 Å². The van der Waals surface area contributed by atoms with Crippen molar-refractivity contribution in [3.63, 3.8) is 0 Å². The maximum absolute atomic E-state index is 12.1. The van der Waals surface area contributed by atoms with Crippen molar-refractivity contribution < 1.29 is 40.6 Å². The quantitative estimate of drug-likeness (QED) is 0.0788. The van der Waals surface area contributed by atoms with Crippen molar-refractivity contribution in [1.29, 1.82) is 0 Å². The summed E-state index contributed by atoms with van der Waals surface area (Å²) in [7, 11) is -8.80. The SMILES string of the molecule is CC1(C)C(=CC=CC=Nc2ccccc2)N(CCCS(=O)(=O)O)c2ccc3c(SOOO)cc(S(=O)(=O)O)cc3c21. The lowest BCUT2D eigenvalue weighted by atomic mass is 9.81. The largest absolute Gasteiger partial charge is 0.344 e. The Morgan fingerprint density at radius 3 is 2.39 bits per heavy atom. The molecule has 1 aliphatic rings. The Kier molecular flexibility index (Phi) is 9.35. The molecule has 0 fully saturated rings. The summed E-state index contributed by atoms with van der Waals surface area (Å²) < 4.78 is 70.8. The van der Waals surface area contributed by atoms with Crippen LogP contribution in [0.4, 0.5) is 11.4 Å². The number of hydrogen-bond acceptors (Lipinski definition) is 10. The lowest BCUT2D eigenvalue weighted by Gasteiger charge is -2.27. The van der Waals surface area contributed by atoms with E-state index in [1.54, 1.807) is 24.4 Å². The van der Waals surface area contributed by atoms with Gasteiger partial charge in [-0.15, -0.1) is 4.33 Å². The molecule has 0 bridgehead atoms. The first-order valence-electron chi connectivity index (χ1n) is 12.3. The molecule has 1 aliphatic heterocycles. The maximum atomic E-state index is 12.1. The first-order valence-corrected chi connectivity index (χ1v) is 16.0. The second-order valence-corrected chi connectivity index (χ2v) is 13.4. The monoisotopic (exact) mass is 620 g/mol. The molecule has 3 aromatic carbocycles. The molecule has 1 heterocycles. The van der Waals surface area contributed by atoms with E-state index in [9.17, 15) is 25.9 Å². The fraction of sp³-hybridized carbons (Fsp3) is 0.222. The standard InChI is InChI=1S/C27H28N2O9S3/c1-27(2)25(11-6-7-14-28-19-9-4-3-5-10-19)29(15-8-16-40(31,32)33)23-13-12-21-22(26(23)27)17-20(41(34,35)36)18-24(21)39-38-37-30/h3-7,9-14,17-18,30H,8,15-16H2,1-2H3,(H,31,32,33)(H,34,35,36). The molecule has 4 rings (SSSR count). The molecule has 3 N–H and O–H groups in total. The van der Waals surface area contributed by atoms with Crippen LogP contribution in [0.15, 0.2) is 93.3 Å². The smallest absolute Gasteiger partial charge is 0.294 e. The fourth-order valence-corrected chi connectivity index (χ4v) is 6.54. The molecule has 0 spiro atoms. The Balaban J connectivity index is 1.85. The van der Waals surface area contributed by atoms with Gasteiger partial charge in [-0.1, -0.05) is 49.2 Å². The molecule has 0 saturated heterocycles. The number of nitrogens with zero attached hydrogens (tertiary/aromatic N) is 2. The number of fused-ring (bicyclic) bond motifs is 3. The van der Waals surface area contributed by atoms with Gasteiger partial charge in [0.25, 0.3) is 20.2 Å². The van der Waals surface area contributed by atoms with E-state index in [-0.39, 0.29) is 22.8 Å². The van der Waals surface area contributed by atoms with Crippen LogP contribution in [0.5, 0.6) is 0 Å². The molecule has 11 nitrogen and oxygen atoms in total. The summed E-state index contributed by atoms with van der Waals surface area (Å²) in [6, 6.07) is 15.5. The van der Waals surface area contributed by atoms with Gasteiger partial charge in [0.15, 0.2) is 0 Å². The predicted molar refractivity (Wildman–Crippen MR) is 158 cm³/mol. The summed E-state index contributed by atoms with van der Waals surface area (Å²) in [5.74, 6) is -0.439. The van der Waals surface area contributed by atoms with Crippen LogP contribution in [0, 0.1) is 0 Å². The molecule has 0 radical (unpaired) electrons. The average Bonchev–Trinajstić information content (AvgIpc) is 3.12. The van der Waals surface area contributed by atoms with Gasteiger partial charge in [0, 0.05) is 34.5 Å². The lowest BCUT2D eigenvalue weighted by Crippen LogP contribution is -2.28. The number of aliphatic imine (C=N–C) groups is 1. The average molecular weight is 621 g/mol. The maximum Gasteiger partial charge on any atom is 0.294 e. The van der Waals surface area contributed by atoms with Crippen LogP contribution in [-0.2, 0) is 35.0 Å². The number of benzene rings is 3. The van der Waals surface area contributed by atoms with E-state index < -0.39 is 31.4 Å². The molecule has 0 saturated carbocycles. The molecule has 0 amide bonds. The van der Waals surface area contributed by atoms with E-state index >= 15 is 0 Å². The summed E-state index contributed by atoms with van der Waals surface area (Å²) in [6.07, 6.45) is 7.18. The molecule has 3 aromatic rings. The minimum absolute atomic E-state index is 0.122. The molecule has 41 heavy (non-hydrogen) atoms. The van der Waals surface area contributed by atoms with Crippen molar-refractivity contribution >= 4 is 60.6 Å². The summed E-state index contributed by atoms with van der Waals surface area (Å²) in [5.41, 5.74) is 2.24. The number of para-hydroxylation sites is 1. The number of hydrogen-bond donors (Lipinski definition) is 3. The second-order valence-electron chi connectivity index (χ2n) is 9.64. The molecule has 0 aliphatic carbocycles. The van der Waals surface area contributed by atoms with Gasteiger partial charge in [0.1, 0.15) is 0 Å². The minimum atomic E-state index is -4.62. The van der Waals surface area contributed by atoms with Gasteiger partial charge in [-0.2, -0.15) is 16.8 Å². The highest BCUT2D eigenvalue weighted by Gasteiger charge is 2.41. The highest BCUT2D eigenvalue weighted by Crippen LogP contribution is 2.52. The Morgan fingerprint density at radius 2 is 1.73 bits per heavy atom. The predicted octanol–water partition coefficient (Wildman–Crippen LogP) is 5.73.